The van der Waals surface area contributed by atoms with E-state index in [1.807, 2.05) is 6.92 Å². The summed E-state index contributed by atoms with van der Waals surface area (Å²) in [4.78, 5) is 11.8. The molecule has 3 nitrogen and oxygen atoms in total. The predicted molar refractivity (Wildman–Crippen MR) is 61.7 cm³/mol. The van der Waals surface area contributed by atoms with Crippen molar-refractivity contribution < 1.29 is 9.18 Å². The lowest BCUT2D eigenvalue weighted by Gasteiger charge is -2.13. The second-order valence-corrected chi connectivity index (χ2v) is 3.91. The molecular formula is C12H17FN2O. The third kappa shape index (κ3) is 3.31. The lowest BCUT2D eigenvalue weighted by Crippen LogP contribution is -2.34. The van der Waals surface area contributed by atoms with Crippen molar-refractivity contribution in [3.8, 4) is 0 Å². The van der Waals surface area contributed by atoms with E-state index in [2.05, 4.69) is 5.32 Å². The van der Waals surface area contributed by atoms with E-state index in [0.29, 0.717) is 18.5 Å². The number of hydrogen-bond donors (Lipinski definition) is 2. The van der Waals surface area contributed by atoms with Crippen molar-refractivity contribution in [2.24, 2.45) is 5.73 Å². The maximum absolute atomic E-state index is 13.0. The number of nitrogens with two attached hydrogens (primary N) is 1. The van der Waals surface area contributed by atoms with Crippen LogP contribution in [-0.2, 0) is 0 Å². The number of amides is 1. The fourth-order valence-electron chi connectivity index (χ4n) is 1.46. The Balaban J connectivity index is 2.76. The molecule has 1 unspecified atom stereocenters. The summed E-state index contributed by atoms with van der Waals surface area (Å²) in [6, 6.07) is 4.19. The van der Waals surface area contributed by atoms with E-state index < -0.39 is 5.82 Å². The summed E-state index contributed by atoms with van der Waals surface area (Å²) < 4.78 is 13.0. The van der Waals surface area contributed by atoms with Crippen molar-refractivity contribution in [3.63, 3.8) is 0 Å². The topological polar surface area (TPSA) is 55.1 Å². The zero-order chi connectivity index (χ0) is 12.1. The summed E-state index contributed by atoms with van der Waals surface area (Å²) in [5.74, 6) is -0.653. The van der Waals surface area contributed by atoms with Gasteiger partial charge in [0.1, 0.15) is 5.82 Å². The maximum atomic E-state index is 13.0. The molecule has 16 heavy (non-hydrogen) atoms. The molecule has 0 bridgehead atoms. The van der Waals surface area contributed by atoms with Crippen molar-refractivity contribution in [2.45, 2.75) is 26.3 Å². The number of nitrogens with one attached hydrogen (secondary N) is 1. The average Bonchev–Trinajstić information content (AvgIpc) is 2.21. The molecule has 1 rings (SSSR count). The van der Waals surface area contributed by atoms with Crippen LogP contribution in [0.1, 0.15) is 29.3 Å². The summed E-state index contributed by atoms with van der Waals surface area (Å²) in [6.07, 6.45) is 0.708. The van der Waals surface area contributed by atoms with E-state index in [1.54, 1.807) is 13.0 Å². The Morgan fingerprint density at radius 1 is 1.56 bits per heavy atom. The lowest BCUT2D eigenvalue weighted by molar-refractivity contribution is 0.0938. The SMILES string of the molecule is Cc1ccc(F)cc1C(=O)NC(C)CCN. The average molecular weight is 224 g/mol. The third-order valence-corrected chi connectivity index (χ3v) is 2.42. The summed E-state index contributed by atoms with van der Waals surface area (Å²) in [5.41, 5.74) is 6.53. The van der Waals surface area contributed by atoms with Crippen LogP contribution in [0, 0.1) is 12.7 Å². The van der Waals surface area contributed by atoms with Gasteiger partial charge >= 0.3 is 0 Å². The van der Waals surface area contributed by atoms with Crippen LogP contribution >= 0.6 is 0 Å². The van der Waals surface area contributed by atoms with Crippen molar-refractivity contribution >= 4 is 5.91 Å². The van der Waals surface area contributed by atoms with Crippen LogP contribution in [0.3, 0.4) is 0 Å². The van der Waals surface area contributed by atoms with Crippen molar-refractivity contribution in [1.82, 2.24) is 5.32 Å². The molecule has 0 radical (unpaired) electrons. The second-order valence-electron chi connectivity index (χ2n) is 3.91. The normalized spacial score (nSPS) is 12.2. The third-order valence-electron chi connectivity index (χ3n) is 2.42. The fourth-order valence-corrected chi connectivity index (χ4v) is 1.46. The van der Waals surface area contributed by atoms with Crippen molar-refractivity contribution in [3.05, 3.63) is 35.1 Å². The van der Waals surface area contributed by atoms with Crippen LogP contribution in [-0.4, -0.2) is 18.5 Å². The molecular weight excluding hydrogens is 207 g/mol. The highest BCUT2D eigenvalue weighted by molar-refractivity contribution is 5.95. The van der Waals surface area contributed by atoms with Crippen LogP contribution in [0.4, 0.5) is 4.39 Å². The fraction of sp³-hybridized carbons (Fsp3) is 0.417. The Morgan fingerprint density at radius 3 is 2.88 bits per heavy atom. The summed E-state index contributed by atoms with van der Waals surface area (Å²) in [7, 11) is 0. The monoisotopic (exact) mass is 224 g/mol. The first-order chi connectivity index (χ1) is 7.54. The minimum atomic E-state index is -0.401. The van der Waals surface area contributed by atoms with Gasteiger partial charge in [0.05, 0.1) is 0 Å². The molecule has 4 heteroatoms. The van der Waals surface area contributed by atoms with Gasteiger partial charge < -0.3 is 11.1 Å². The van der Waals surface area contributed by atoms with E-state index in [0.717, 1.165) is 5.56 Å². The summed E-state index contributed by atoms with van der Waals surface area (Å²) >= 11 is 0. The van der Waals surface area contributed by atoms with Crippen LogP contribution < -0.4 is 11.1 Å². The summed E-state index contributed by atoms with van der Waals surface area (Å²) in [6.45, 7) is 4.17. The molecule has 1 atom stereocenters. The smallest absolute Gasteiger partial charge is 0.251 e. The number of benzene rings is 1. The Hall–Kier alpha value is -1.42. The maximum Gasteiger partial charge on any atom is 0.251 e. The minimum absolute atomic E-state index is 0.000155. The molecule has 3 N–H and O–H groups in total. The van der Waals surface area contributed by atoms with Gasteiger partial charge in [-0.15, -0.1) is 0 Å². The summed E-state index contributed by atoms with van der Waals surface area (Å²) in [5, 5.41) is 2.78. The number of aryl methyl sites for hydroxylation is 1. The largest absolute Gasteiger partial charge is 0.350 e. The van der Waals surface area contributed by atoms with Gasteiger partial charge in [0, 0.05) is 11.6 Å². The first kappa shape index (κ1) is 12.6. The first-order valence-corrected chi connectivity index (χ1v) is 5.31. The van der Waals surface area contributed by atoms with Crippen LogP contribution in [0.5, 0.6) is 0 Å². The molecule has 0 saturated carbocycles. The molecule has 1 aromatic carbocycles. The van der Waals surface area contributed by atoms with E-state index in [9.17, 15) is 9.18 Å². The van der Waals surface area contributed by atoms with Gasteiger partial charge in [-0.1, -0.05) is 6.07 Å². The number of carbonyl (C=O) groups excluding carboxylic acids is 1. The molecule has 1 amide bonds. The standard InChI is InChI=1S/C12H17FN2O/c1-8-3-4-10(13)7-11(8)12(16)15-9(2)5-6-14/h3-4,7,9H,5-6,14H2,1-2H3,(H,15,16). The number of rotatable bonds is 4. The second kappa shape index (κ2) is 5.61. The van der Waals surface area contributed by atoms with Gasteiger partial charge in [-0.3, -0.25) is 4.79 Å². The lowest BCUT2D eigenvalue weighted by atomic mass is 10.1. The Labute approximate surface area is 94.8 Å². The van der Waals surface area contributed by atoms with Gasteiger partial charge in [0.15, 0.2) is 0 Å². The predicted octanol–water partition coefficient (Wildman–Crippen LogP) is 1.60. The van der Waals surface area contributed by atoms with Gasteiger partial charge in [-0.25, -0.2) is 4.39 Å². The van der Waals surface area contributed by atoms with Crippen LogP contribution in [0.2, 0.25) is 0 Å². The van der Waals surface area contributed by atoms with E-state index in [4.69, 9.17) is 5.73 Å². The molecule has 0 aliphatic heterocycles. The molecule has 0 aromatic heterocycles. The van der Waals surface area contributed by atoms with Gasteiger partial charge in [0.25, 0.3) is 5.91 Å². The molecule has 0 aliphatic carbocycles. The number of hydrogen-bond acceptors (Lipinski definition) is 2. The number of carbonyl (C=O) groups is 1. The van der Waals surface area contributed by atoms with Gasteiger partial charge in [-0.2, -0.15) is 0 Å². The van der Waals surface area contributed by atoms with Crippen molar-refractivity contribution in [1.29, 1.82) is 0 Å². The zero-order valence-corrected chi connectivity index (χ0v) is 9.59. The molecule has 0 heterocycles. The molecule has 1 aromatic rings. The van der Waals surface area contributed by atoms with Gasteiger partial charge in [-0.05, 0) is 44.5 Å². The molecule has 0 saturated heterocycles. The van der Waals surface area contributed by atoms with Crippen molar-refractivity contribution in [2.75, 3.05) is 6.54 Å². The van der Waals surface area contributed by atoms with Crippen LogP contribution in [0.25, 0.3) is 0 Å². The highest BCUT2D eigenvalue weighted by Crippen LogP contribution is 2.10. The quantitative estimate of drug-likeness (QED) is 0.816. The molecule has 0 fully saturated rings. The Morgan fingerprint density at radius 2 is 2.25 bits per heavy atom. The molecule has 88 valence electrons. The van der Waals surface area contributed by atoms with Gasteiger partial charge in [0.2, 0.25) is 0 Å². The zero-order valence-electron chi connectivity index (χ0n) is 9.59. The highest BCUT2D eigenvalue weighted by Gasteiger charge is 2.12. The molecule has 0 aliphatic rings. The molecule has 0 spiro atoms. The number of halogens is 1. The first-order valence-electron chi connectivity index (χ1n) is 5.31. The minimum Gasteiger partial charge on any atom is -0.350 e. The Bertz CT molecular complexity index is 379. The van der Waals surface area contributed by atoms with E-state index in [1.165, 1.54) is 12.1 Å². The van der Waals surface area contributed by atoms with E-state index in [-0.39, 0.29) is 11.9 Å². The Kier molecular flexibility index (Phi) is 4.43. The van der Waals surface area contributed by atoms with E-state index >= 15 is 0 Å². The highest BCUT2D eigenvalue weighted by atomic mass is 19.1. The van der Waals surface area contributed by atoms with Crippen LogP contribution in [0.15, 0.2) is 18.2 Å².